The van der Waals surface area contributed by atoms with Crippen LogP contribution in [-0.2, 0) is 23.8 Å². The van der Waals surface area contributed by atoms with E-state index in [4.69, 9.17) is 5.73 Å². The van der Waals surface area contributed by atoms with E-state index in [0.29, 0.717) is 0 Å². The predicted octanol–water partition coefficient (Wildman–Crippen LogP) is -0.0913. The van der Waals surface area contributed by atoms with Gasteiger partial charge in [0.05, 0.1) is 0 Å². The highest BCUT2D eigenvalue weighted by Gasteiger charge is 2.16. The summed E-state index contributed by atoms with van der Waals surface area (Å²) in [6.45, 7) is 5.78. The smallest absolute Gasteiger partial charge is 0.405 e. The van der Waals surface area contributed by atoms with Gasteiger partial charge in [-0.3, -0.25) is 0 Å². The van der Waals surface area contributed by atoms with Crippen molar-refractivity contribution in [3.8, 4) is 0 Å². The van der Waals surface area contributed by atoms with Crippen LogP contribution in [0.1, 0.15) is 0 Å². The molecular formula is C10H13NO6. The van der Waals surface area contributed by atoms with E-state index in [9.17, 15) is 14.4 Å². The van der Waals surface area contributed by atoms with E-state index >= 15 is 0 Å². The first kappa shape index (κ1) is 14.7. The number of ether oxygens (including phenoxy) is 3. The minimum absolute atomic E-state index is 0.293. The van der Waals surface area contributed by atoms with Gasteiger partial charge in [0.1, 0.15) is 13.2 Å². The van der Waals surface area contributed by atoms with Crippen LogP contribution in [0.3, 0.4) is 0 Å². The molecule has 0 aromatic carbocycles. The van der Waals surface area contributed by atoms with Crippen LogP contribution >= 0.6 is 0 Å². The van der Waals surface area contributed by atoms with E-state index in [1.807, 2.05) is 0 Å². The summed E-state index contributed by atoms with van der Waals surface area (Å²) in [5, 5.41) is 0. The molecule has 7 heteroatoms. The Morgan fingerprint density at radius 2 is 1.47 bits per heavy atom. The molecule has 0 aliphatic rings. The van der Waals surface area contributed by atoms with Crippen LogP contribution in [0.5, 0.6) is 0 Å². The van der Waals surface area contributed by atoms with E-state index in [2.05, 4.69) is 27.4 Å². The summed E-state index contributed by atoms with van der Waals surface area (Å²) >= 11 is 0. The zero-order valence-electron chi connectivity index (χ0n) is 9.09. The van der Waals surface area contributed by atoms with Crippen LogP contribution in [0.15, 0.2) is 25.3 Å². The molecule has 7 nitrogen and oxygen atoms in total. The standard InChI is InChI=1S/C10H13NO6/c1-3-8(12)15-5-7(17-10(11)14)6-16-9(13)4-2/h3-4,7H,1-2,5-6H2,(H2,11,14). The van der Waals surface area contributed by atoms with Crippen molar-refractivity contribution < 1.29 is 28.6 Å². The Morgan fingerprint density at radius 3 is 1.76 bits per heavy atom. The summed E-state index contributed by atoms with van der Waals surface area (Å²) in [6.07, 6.45) is -0.159. The average Bonchev–Trinajstić information content (AvgIpc) is 2.30. The van der Waals surface area contributed by atoms with E-state index < -0.39 is 24.1 Å². The molecule has 1 amide bonds. The van der Waals surface area contributed by atoms with Gasteiger partial charge in [-0.25, -0.2) is 14.4 Å². The van der Waals surface area contributed by atoms with Crippen LogP contribution < -0.4 is 5.73 Å². The molecule has 0 atom stereocenters. The Bertz CT molecular complexity index is 301. The molecule has 94 valence electrons. The third-order valence-electron chi connectivity index (χ3n) is 1.44. The molecule has 0 aliphatic carbocycles. The van der Waals surface area contributed by atoms with Gasteiger partial charge in [0.25, 0.3) is 0 Å². The number of carbonyl (C=O) groups is 3. The number of esters is 2. The summed E-state index contributed by atoms with van der Waals surface area (Å²) in [7, 11) is 0. The van der Waals surface area contributed by atoms with Crippen molar-refractivity contribution in [1.29, 1.82) is 0 Å². The second-order valence-electron chi connectivity index (χ2n) is 2.73. The van der Waals surface area contributed by atoms with Gasteiger partial charge < -0.3 is 19.9 Å². The molecule has 0 aliphatic heterocycles. The van der Waals surface area contributed by atoms with Crippen LogP contribution in [0.4, 0.5) is 4.79 Å². The lowest BCUT2D eigenvalue weighted by molar-refractivity contribution is -0.146. The van der Waals surface area contributed by atoms with Crippen LogP contribution in [0.25, 0.3) is 0 Å². The molecule has 0 aromatic heterocycles. The van der Waals surface area contributed by atoms with Crippen molar-refractivity contribution in [3.63, 3.8) is 0 Å². The monoisotopic (exact) mass is 243 g/mol. The molecule has 0 saturated heterocycles. The van der Waals surface area contributed by atoms with Crippen molar-refractivity contribution in [2.45, 2.75) is 6.10 Å². The van der Waals surface area contributed by atoms with Crippen molar-refractivity contribution in [1.82, 2.24) is 0 Å². The fraction of sp³-hybridized carbons (Fsp3) is 0.300. The summed E-state index contributed by atoms with van der Waals surface area (Å²) in [6, 6.07) is 0. The third-order valence-corrected chi connectivity index (χ3v) is 1.44. The van der Waals surface area contributed by atoms with Crippen molar-refractivity contribution >= 4 is 18.0 Å². The number of primary amides is 1. The first-order valence-electron chi connectivity index (χ1n) is 4.54. The second-order valence-corrected chi connectivity index (χ2v) is 2.73. The van der Waals surface area contributed by atoms with Gasteiger partial charge in [-0.2, -0.15) is 0 Å². The minimum atomic E-state index is -1.07. The molecule has 0 radical (unpaired) electrons. The molecule has 0 unspecified atom stereocenters. The summed E-state index contributed by atoms with van der Waals surface area (Å²) < 4.78 is 13.8. The summed E-state index contributed by atoms with van der Waals surface area (Å²) in [5.41, 5.74) is 4.79. The number of amides is 1. The Morgan fingerprint density at radius 1 is 1.06 bits per heavy atom. The van der Waals surface area contributed by atoms with E-state index in [-0.39, 0.29) is 13.2 Å². The van der Waals surface area contributed by atoms with Crippen LogP contribution in [-0.4, -0.2) is 37.3 Å². The highest BCUT2D eigenvalue weighted by atomic mass is 16.6. The number of hydrogen-bond donors (Lipinski definition) is 1. The fourth-order valence-electron chi connectivity index (χ4n) is 0.748. The van der Waals surface area contributed by atoms with E-state index in [0.717, 1.165) is 12.2 Å². The fourth-order valence-corrected chi connectivity index (χ4v) is 0.748. The number of hydrogen-bond acceptors (Lipinski definition) is 6. The topological polar surface area (TPSA) is 105 Å². The Hall–Kier alpha value is -2.31. The highest BCUT2D eigenvalue weighted by Crippen LogP contribution is 1.97. The van der Waals surface area contributed by atoms with Gasteiger partial charge in [-0.05, 0) is 0 Å². The SMILES string of the molecule is C=CC(=O)OCC(COC(=O)C=C)OC(N)=O. The Balaban J connectivity index is 4.17. The van der Waals surface area contributed by atoms with Gasteiger partial charge in [0, 0.05) is 12.2 Å². The van der Waals surface area contributed by atoms with Crippen molar-refractivity contribution in [2.75, 3.05) is 13.2 Å². The average molecular weight is 243 g/mol. The Labute approximate surface area is 97.8 Å². The van der Waals surface area contributed by atoms with Gasteiger partial charge in [0.2, 0.25) is 0 Å². The Kier molecular flexibility index (Phi) is 6.84. The van der Waals surface area contributed by atoms with Gasteiger partial charge in [-0.15, -0.1) is 0 Å². The largest absolute Gasteiger partial charge is 0.458 e. The molecule has 0 fully saturated rings. The molecule has 17 heavy (non-hydrogen) atoms. The summed E-state index contributed by atoms with van der Waals surface area (Å²) in [4.78, 5) is 32.0. The van der Waals surface area contributed by atoms with Gasteiger partial charge >= 0.3 is 18.0 Å². The predicted molar refractivity (Wildman–Crippen MR) is 56.8 cm³/mol. The number of rotatable bonds is 7. The lowest BCUT2D eigenvalue weighted by atomic mass is 10.4. The third kappa shape index (κ3) is 7.60. The molecule has 0 bridgehead atoms. The molecule has 0 saturated carbocycles. The second kappa shape index (κ2) is 7.91. The summed E-state index contributed by atoms with van der Waals surface area (Å²) in [5.74, 6) is -1.39. The molecule has 0 aromatic rings. The quantitative estimate of drug-likeness (QED) is 0.380. The van der Waals surface area contributed by atoms with Gasteiger partial charge in [0.15, 0.2) is 6.10 Å². The van der Waals surface area contributed by atoms with Crippen molar-refractivity contribution in [2.24, 2.45) is 5.73 Å². The molecule has 0 heterocycles. The lowest BCUT2D eigenvalue weighted by Crippen LogP contribution is -2.32. The maximum atomic E-state index is 10.8. The lowest BCUT2D eigenvalue weighted by Gasteiger charge is -2.15. The highest BCUT2D eigenvalue weighted by molar-refractivity contribution is 5.81. The van der Waals surface area contributed by atoms with E-state index in [1.54, 1.807) is 0 Å². The molecule has 0 spiro atoms. The zero-order chi connectivity index (χ0) is 13.3. The first-order valence-corrected chi connectivity index (χ1v) is 4.54. The molecule has 2 N–H and O–H groups in total. The number of nitrogens with two attached hydrogens (primary N) is 1. The molecular weight excluding hydrogens is 230 g/mol. The van der Waals surface area contributed by atoms with Crippen LogP contribution in [0.2, 0.25) is 0 Å². The van der Waals surface area contributed by atoms with Gasteiger partial charge in [-0.1, -0.05) is 13.2 Å². The zero-order valence-corrected chi connectivity index (χ0v) is 9.09. The van der Waals surface area contributed by atoms with Crippen LogP contribution in [0, 0.1) is 0 Å². The normalized spacial score (nSPS) is 9.24. The number of carbonyl (C=O) groups excluding carboxylic acids is 3. The van der Waals surface area contributed by atoms with Crippen molar-refractivity contribution in [3.05, 3.63) is 25.3 Å². The minimum Gasteiger partial charge on any atom is -0.458 e. The maximum Gasteiger partial charge on any atom is 0.405 e. The molecule has 0 rings (SSSR count). The van der Waals surface area contributed by atoms with E-state index in [1.165, 1.54) is 0 Å². The maximum absolute atomic E-state index is 10.8. The first-order chi connectivity index (χ1) is 7.99.